The van der Waals surface area contributed by atoms with Gasteiger partial charge in [0.1, 0.15) is 5.75 Å². The summed E-state index contributed by atoms with van der Waals surface area (Å²) in [5, 5.41) is 0.469. The molecule has 0 spiro atoms. The van der Waals surface area contributed by atoms with Gasteiger partial charge in [0.15, 0.2) is 6.61 Å². The van der Waals surface area contributed by atoms with Gasteiger partial charge in [-0.1, -0.05) is 30.7 Å². The lowest BCUT2D eigenvalue weighted by Crippen LogP contribution is -2.41. The zero-order valence-electron chi connectivity index (χ0n) is 12.8. The van der Waals surface area contributed by atoms with Crippen molar-refractivity contribution in [2.75, 3.05) is 20.3 Å². The molecule has 1 aromatic rings. The van der Waals surface area contributed by atoms with Gasteiger partial charge in [-0.2, -0.15) is 0 Å². The van der Waals surface area contributed by atoms with Crippen LogP contribution in [0.5, 0.6) is 5.75 Å². The number of ether oxygens (including phenoxy) is 2. The van der Waals surface area contributed by atoms with Crippen LogP contribution in [0.4, 0.5) is 0 Å². The van der Waals surface area contributed by atoms with Crippen molar-refractivity contribution in [3.63, 3.8) is 0 Å². The molecule has 2 rings (SSSR count). The third-order valence-electron chi connectivity index (χ3n) is 3.57. The highest BCUT2D eigenvalue weighted by molar-refractivity contribution is 6.32. The summed E-state index contributed by atoms with van der Waals surface area (Å²) in [6.45, 7) is 2.01. The highest BCUT2D eigenvalue weighted by Gasteiger charge is 2.34. The van der Waals surface area contributed by atoms with E-state index in [1.165, 1.54) is 7.11 Å². The van der Waals surface area contributed by atoms with E-state index in [-0.39, 0.29) is 30.4 Å². The maximum absolute atomic E-state index is 12.4. The van der Waals surface area contributed by atoms with Crippen LogP contribution in [0.3, 0.4) is 0 Å². The van der Waals surface area contributed by atoms with Crippen molar-refractivity contribution in [1.82, 2.24) is 4.90 Å². The highest BCUT2D eigenvalue weighted by atomic mass is 35.5. The first-order valence-corrected chi connectivity index (χ1v) is 7.65. The van der Waals surface area contributed by atoms with Crippen molar-refractivity contribution >= 4 is 23.5 Å². The number of hydrogen-bond acceptors (Lipinski definition) is 4. The van der Waals surface area contributed by atoms with E-state index in [9.17, 15) is 9.59 Å². The fourth-order valence-corrected chi connectivity index (χ4v) is 2.39. The molecular weight excluding hydrogens is 306 g/mol. The Labute approximate surface area is 135 Å². The number of benzene rings is 1. The molecule has 1 aliphatic carbocycles. The second-order valence-corrected chi connectivity index (χ2v) is 5.83. The molecule has 1 aliphatic rings. The van der Waals surface area contributed by atoms with Gasteiger partial charge in [0.2, 0.25) is 0 Å². The molecule has 0 heterocycles. The van der Waals surface area contributed by atoms with Crippen molar-refractivity contribution in [2.45, 2.75) is 25.8 Å². The molecule has 6 heteroatoms. The number of nitrogens with zero attached hydrogens (tertiary/aromatic N) is 1. The van der Waals surface area contributed by atoms with E-state index in [1.54, 1.807) is 36.1 Å². The Morgan fingerprint density at radius 1 is 1.36 bits per heavy atom. The van der Waals surface area contributed by atoms with Gasteiger partial charge in [-0.3, -0.25) is 9.59 Å². The Bertz CT molecular complexity index is 545. The zero-order chi connectivity index (χ0) is 16.1. The standard InChI is InChI=1S/C16H20ClNO4/c1-11(16(20)21-2)9-18(12-7-8-12)15(19)10-22-14-6-4-3-5-13(14)17/h3-6,11-12H,7-10H2,1-2H3. The molecule has 1 atom stereocenters. The highest BCUT2D eigenvalue weighted by Crippen LogP contribution is 2.28. The minimum Gasteiger partial charge on any atom is -0.482 e. The van der Waals surface area contributed by atoms with Crippen LogP contribution in [-0.4, -0.2) is 43.1 Å². The summed E-state index contributed by atoms with van der Waals surface area (Å²) in [5.41, 5.74) is 0. The van der Waals surface area contributed by atoms with Gasteiger partial charge in [-0.05, 0) is 25.0 Å². The van der Waals surface area contributed by atoms with Crippen LogP contribution in [0.1, 0.15) is 19.8 Å². The topological polar surface area (TPSA) is 55.8 Å². The Morgan fingerprint density at radius 2 is 2.05 bits per heavy atom. The second kappa shape index (κ2) is 7.49. The van der Waals surface area contributed by atoms with Gasteiger partial charge in [0, 0.05) is 12.6 Å². The summed E-state index contributed by atoms with van der Waals surface area (Å²) < 4.78 is 10.2. The summed E-state index contributed by atoms with van der Waals surface area (Å²) in [5.74, 6) is -0.326. The molecular formula is C16H20ClNO4. The molecule has 1 aromatic carbocycles. The number of carbonyl (C=O) groups excluding carboxylic acids is 2. The van der Waals surface area contributed by atoms with E-state index in [1.807, 2.05) is 0 Å². The van der Waals surface area contributed by atoms with Gasteiger partial charge < -0.3 is 14.4 Å². The molecule has 0 aromatic heterocycles. The van der Waals surface area contributed by atoms with Crippen molar-refractivity contribution in [3.8, 4) is 5.75 Å². The van der Waals surface area contributed by atoms with Crippen molar-refractivity contribution < 1.29 is 19.1 Å². The quantitative estimate of drug-likeness (QED) is 0.723. The predicted octanol–water partition coefficient (Wildman–Crippen LogP) is 2.52. The van der Waals surface area contributed by atoms with Gasteiger partial charge in [-0.15, -0.1) is 0 Å². The number of amides is 1. The van der Waals surface area contributed by atoms with Gasteiger partial charge in [0.05, 0.1) is 18.1 Å². The Hall–Kier alpha value is -1.75. The molecule has 120 valence electrons. The number of hydrogen-bond donors (Lipinski definition) is 0. The monoisotopic (exact) mass is 325 g/mol. The Kier molecular flexibility index (Phi) is 5.66. The number of methoxy groups -OCH3 is 1. The van der Waals surface area contributed by atoms with Crippen LogP contribution >= 0.6 is 11.6 Å². The lowest BCUT2D eigenvalue weighted by Gasteiger charge is -2.25. The summed E-state index contributed by atoms with van der Waals surface area (Å²) in [6, 6.07) is 7.22. The molecule has 1 saturated carbocycles. The molecule has 1 unspecified atom stereocenters. The molecule has 0 saturated heterocycles. The third-order valence-corrected chi connectivity index (χ3v) is 3.88. The lowest BCUT2D eigenvalue weighted by molar-refractivity contribution is -0.146. The summed E-state index contributed by atoms with van der Waals surface area (Å²) in [7, 11) is 1.35. The lowest BCUT2D eigenvalue weighted by atomic mass is 10.1. The average molecular weight is 326 g/mol. The molecule has 0 aliphatic heterocycles. The van der Waals surface area contributed by atoms with E-state index in [0.29, 0.717) is 17.3 Å². The minimum atomic E-state index is -0.352. The summed E-state index contributed by atoms with van der Waals surface area (Å²) in [6.07, 6.45) is 1.93. The fourth-order valence-electron chi connectivity index (χ4n) is 2.20. The first kappa shape index (κ1) is 16.6. The maximum atomic E-state index is 12.4. The largest absolute Gasteiger partial charge is 0.482 e. The molecule has 0 N–H and O–H groups in total. The second-order valence-electron chi connectivity index (χ2n) is 5.42. The number of carbonyl (C=O) groups is 2. The van der Waals surface area contributed by atoms with E-state index in [0.717, 1.165) is 12.8 Å². The van der Waals surface area contributed by atoms with Gasteiger partial charge in [-0.25, -0.2) is 0 Å². The van der Waals surface area contributed by atoms with Gasteiger partial charge >= 0.3 is 5.97 Å². The van der Waals surface area contributed by atoms with Crippen LogP contribution in [0.15, 0.2) is 24.3 Å². The van der Waals surface area contributed by atoms with Crippen molar-refractivity contribution in [2.24, 2.45) is 5.92 Å². The first-order chi connectivity index (χ1) is 10.5. The van der Waals surface area contributed by atoms with Crippen LogP contribution in [0.2, 0.25) is 5.02 Å². The smallest absolute Gasteiger partial charge is 0.310 e. The molecule has 5 nitrogen and oxygen atoms in total. The summed E-state index contributed by atoms with van der Waals surface area (Å²) in [4.78, 5) is 25.6. The zero-order valence-corrected chi connectivity index (χ0v) is 13.5. The number of para-hydroxylation sites is 1. The molecule has 22 heavy (non-hydrogen) atoms. The SMILES string of the molecule is COC(=O)C(C)CN(C(=O)COc1ccccc1Cl)C1CC1. The Balaban J connectivity index is 1.93. The van der Waals surface area contributed by atoms with Crippen LogP contribution in [-0.2, 0) is 14.3 Å². The summed E-state index contributed by atoms with van der Waals surface area (Å²) >= 11 is 6.00. The minimum absolute atomic E-state index is 0.0892. The third kappa shape index (κ3) is 4.37. The molecule has 1 amide bonds. The van der Waals surface area contributed by atoms with Crippen molar-refractivity contribution in [3.05, 3.63) is 29.3 Å². The first-order valence-electron chi connectivity index (χ1n) is 7.27. The van der Waals surface area contributed by atoms with Crippen LogP contribution < -0.4 is 4.74 Å². The van der Waals surface area contributed by atoms with E-state index >= 15 is 0 Å². The molecule has 0 bridgehead atoms. The molecule has 1 fully saturated rings. The average Bonchev–Trinajstić information content (AvgIpc) is 3.35. The van der Waals surface area contributed by atoms with E-state index in [2.05, 4.69) is 0 Å². The number of halogens is 1. The maximum Gasteiger partial charge on any atom is 0.310 e. The van der Waals surface area contributed by atoms with E-state index < -0.39 is 0 Å². The predicted molar refractivity (Wildman–Crippen MR) is 82.9 cm³/mol. The molecule has 0 radical (unpaired) electrons. The van der Waals surface area contributed by atoms with Gasteiger partial charge in [0.25, 0.3) is 5.91 Å². The Morgan fingerprint density at radius 3 is 2.64 bits per heavy atom. The van der Waals surface area contributed by atoms with Crippen LogP contribution in [0, 0.1) is 5.92 Å². The van der Waals surface area contributed by atoms with Crippen molar-refractivity contribution in [1.29, 1.82) is 0 Å². The van der Waals surface area contributed by atoms with E-state index in [4.69, 9.17) is 21.1 Å². The number of esters is 1. The van der Waals surface area contributed by atoms with Crippen LogP contribution in [0.25, 0.3) is 0 Å². The number of rotatable bonds is 7. The fraction of sp³-hybridized carbons (Fsp3) is 0.500. The normalized spacial score (nSPS) is 15.0.